The molecule has 0 fully saturated rings. The van der Waals surface area contributed by atoms with Crippen LogP contribution in [0.4, 0.5) is 11.5 Å². The number of aliphatic hydroxyl groups excluding tert-OH is 1. The van der Waals surface area contributed by atoms with Gasteiger partial charge in [0.25, 0.3) is 0 Å². The Kier molecular flexibility index (Phi) is 2.20. The van der Waals surface area contributed by atoms with Crippen molar-refractivity contribution in [3.63, 3.8) is 0 Å². The SMILES string of the molecule is C[C@H]1C(O)Nc2cnc(Cl)nc2N1C. The highest BCUT2D eigenvalue weighted by molar-refractivity contribution is 6.28. The van der Waals surface area contributed by atoms with Crippen molar-refractivity contribution >= 4 is 23.1 Å². The van der Waals surface area contributed by atoms with Gasteiger partial charge < -0.3 is 15.3 Å². The standard InChI is InChI=1S/C8H11ClN4O/c1-4-7(14)11-5-3-10-8(9)12-6(5)13(4)2/h3-4,7,11,14H,1-2H3/t4-,7?/m0/s1. The summed E-state index contributed by atoms with van der Waals surface area (Å²) in [6.07, 6.45) is 0.952. The zero-order chi connectivity index (χ0) is 10.3. The Labute approximate surface area is 86.7 Å². The molecule has 0 saturated carbocycles. The van der Waals surface area contributed by atoms with Gasteiger partial charge in [-0.15, -0.1) is 0 Å². The van der Waals surface area contributed by atoms with Gasteiger partial charge in [0.2, 0.25) is 5.28 Å². The Bertz CT molecular complexity index is 359. The van der Waals surface area contributed by atoms with E-state index < -0.39 is 6.23 Å². The van der Waals surface area contributed by atoms with E-state index in [-0.39, 0.29) is 11.3 Å². The van der Waals surface area contributed by atoms with Gasteiger partial charge >= 0.3 is 0 Å². The maximum atomic E-state index is 9.62. The van der Waals surface area contributed by atoms with Crippen molar-refractivity contribution in [3.05, 3.63) is 11.5 Å². The molecule has 2 heterocycles. The molecule has 0 bridgehead atoms. The molecular weight excluding hydrogens is 204 g/mol. The van der Waals surface area contributed by atoms with E-state index in [0.29, 0.717) is 11.5 Å². The molecule has 14 heavy (non-hydrogen) atoms. The van der Waals surface area contributed by atoms with Crippen LogP contribution in [0, 0.1) is 0 Å². The largest absolute Gasteiger partial charge is 0.372 e. The topological polar surface area (TPSA) is 61.3 Å². The molecule has 76 valence electrons. The summed E-state index contributed by atoms with van der Waals surface area (Å²) in [6, 6.07) is -0.0477. The molecule has 1 unspecified atom stereocenters. The molecule has 0 aromatic carbocycles. The minimum atomic E-state index is -0.614. The molecule has 1 aliphatic rings. The first-order valence-electron chi connectivity index (χ1n) is 4.29. The number of fused-ring (bicyclic) bond motifs is 1. The molecule has 0 spiro atoms. The first-order chi connectivity index (χ1) is 6.59. The number of halogens is 1. The maximum Gasteiger partial charge on any atom is 0.224 e. The number of aromatic nitrogens is 2. The summed E-state index contributed by atoms with van der Waals surface area (Å²) < 4.78 is 0. The summed E-state index contributed by atoms with van der Waals surface area (Å²) in [4.78, 5) is 9.79. The summed E-state index contributed by atoms with van der Waals surface area (Å²) in [5.41, 5.74) is 0.697. The van der Waals surface area contributed by atoms with Crippen LogP contribution in [-0.4, -0.2) is 34.4 Å². The van der Waals surface area contributed by atoms with Gasteiger partial charge in [-0.1, -0.05) is 0 Å². The maximum absolute atomic E-state index is 9.62. The monoisotopic (exact) mass is 214 g/mol. The van der Waals surface area contributed by atoms with Crippen LogP contribution in [0.15, 0.2) is 6.20 Å². The predicted molar refractivity (Wildman–Crippen MR) is 54.5 cm³/mol. The smallest absolute Gasteiger partial charge is 0.224 e. The van der Waals surface area contributed by atoms with E-state index in [4.69, 9.17) is 11.6 Å². The van der Waals surface area contributed by atoms with Crippen molar-refractivity contribution < 1.29 is 5.11 Å². The van der Waals surface area contributed by atoms with E-state index in [0.717, 1.165) is 0 Å². The lowest BCUT2D eigenvalue weighted by molar-refractivity contribution is 0.172. The number of nitrogens with zero attached hydrogens (tertiary/aromatic N) is 3. The van der Waals surface area contributed by atoms with Crippen molar-refractivity contribution in [2.45, 2.75) is 19.2 Å². The zero-order valence-corrected chi connectivity index (χ0v) is 8.65. The van der Waals surface area contributed by atoms with Gasteiger partial charge in [0.1, 0.15) is 6.23 Å². The average Bonchev–Trinajstić information content (AvgIpc) is 2.16. The third-order valence-electron chi connectivity index (χ3n) is 2.44. The molecule has 2 atom stereocenters. The molecule has 1 aromatic heterocycles. The van der Waals surface area contributed by atoms with E-state index in [9.17, 15) is 5.11 Å². The summed E-state index contributed by atoms with van der Waals surface area (Å²) in [5.74, 6) is 0.711. The highest BCUT2D eigenvalue weighted by atomic mass is 35.5. The molecule has 0 radical (unpaired) electrons. The summed E-state index contributed by atoms with van der Waals surface area (Å²) >= 11 is 5.69. The molecule has 2 rings (SSSR count). The van der Waals surface area contributed by atoms with E-state index in [1.807, 2.05) is 18.9 Å². The fraction of sp³-hybridized carbons (Fsp3) is 0.500. The summed E-state index contributed by atoms with van der Waals surface area (Å²) in [6.45, 7) is 1.90. The van der Waals surface area contributed by atoms with Crippen LogP contribution in [-0.2, 0) is 0 Å². The van der Waals surface area contributed by atoms with Crippen LogP contribution in [0.25, 0.3) is 0 Å². The Morgan fingerprint density at radius 2 is 2.36 bits per heavy atom. The molecule has 5 nitrogen and oxygen atoms in total. The number of hydrogen-bond acceptors (Lipinski definition) is 5. The lowest BCUT2D eigenvalue weighted by Gasteiger charge is -2.36. The van der Waals surface area contributed by atoms with Gasteiger partial charge in [-0.3, -0.25) is 0 Å². The first-order valence-corrected chi connectivity index (χ1v) is 4.67. The van der Waals surface area contributed by atoms with E-state index in [1.54, 1.807) is 6.20 Å². The number of anilines is 2. The summed E-state index contributed by atoms with van der Waals surface area (Å²) in [5, 5.41) is 12.7. The molecule has 2 N–H and O–H groups in total. The van der Waals surface area contributed by atoms with Crippen molar-refractivity contribution in [2.75, 3.05) is 17.3 Å². The fourth-order valence-electron chi connectivity index (χ4n) is 1.41. The number of likely N-dealkylation sites (N-methyl/N-ethyl adjacent to an activating group) is 1. The Hall–Kier alpha value is -1.07. The molecule has 0 saturated heterocycles. The first kappa shape index (κ1) is 9.48. The zero-order valence-electron chi connectivity index (χ0n) is 7.90. The molecule has 0 amide bonds. The normalized spacial score (nSPS) is 25.6. The van der Waals surface area contributed by atoms with Crippen LogP contribution in [0.3, 0.4) is 0 Å². The Morgan fingerprint density at radius 1 is 1.64 bits per heavy atom. The predicted octanol–water partition coefficient (Wildman–Crippen LogP) is 0.699. The lowest BCUT2D eigenvalue weighted by Crippen LogP contribution is -2.47. The van der Waals surface area contributed by atoms with E-state index in [1.165, 1.54) is 0 Å². The Morgan fingerprint density at radius 3 is 3.07 bits per heavy atom. The molecule has 1 aromatic rings. The van der Waals surface area contributed by atoms with Crippen LogP contribution in [0.2, 0.25) is 5.28 Å². The van der Waals surface area contributed by atoms with Crippen LogP contribution < -0.4 is 10.2 Å². The third kappa shape index (κ3) is 1.38. The van der Waals surface area contributed by atoms with Gasteiger partial charge in [-0.25, -0.2) is 4.98 Å². The van der Waals surface area contributed by atoms with Gasteiger partial charge in [-0.2, -0.15) is 4.98 Å². The lowest BCUT2D eigenvalue weighted by atomic mass is 10.2. The second kappa shape index (κ2) is 3.25. The van der Waals surface area contributed by atoms with E-state index in [2.05, 4.69) is 15.3 Å². The van der Waals surface area contributed by atoms with Crippen molar-refractivity contribution in [1.82, 2.24) is 9.97 Å². The number of nitrogens with one attached hydrogen (secondary N) is 1. The van der Waals surface area contributed by atoms with Gasteiger partial charge in [-0.05, 0) is 18.5 Å². The van der Waals surface area contributed by atoms with Crippen LogP contribution >= 0.6 is 11.6 Å². The molecule has 6 heteroatoms. The highest BCUT2D eigenvalue weighted by Gasteiger charge is 2.28. The molecule has 0 aliphatic carbocycles. The second-order valence-corrected chi connectivity index (χ2v) is 3.66. The second-order valence-electron chi connectivity index (χ2n) is 3.32. The Balaban J connectivity index is 2.46. The van der Waals surface area contributed by atoms with Crippen LogP contribution in [0.5, 0.6) is 0 Å². The molecule has 1 aliphatic heterocycles. The van der Waals surface area contributed by atoms with Crippen molar-refractivity contribution in [2.24, 2.45) is 0 Å². The minimum absolute atomic E-state index is 0.0477. The number of aliphatic hydroxyl groups is 1. The van der Waals surface area contributed by atoms with Gasteiger partial charge in [0.15, 0.2) is 5.82 Å². The third-order valence-corrected chi connectivity index (χ3v) is 2.63. The van der Waals surface area contributed by atoms with E-state index >= 15 is 0 Å². The minimum Gasteiger partial charge on any atom is -0.372 e. The molecular formula is C8H11ClN4O. The summed E-state index contributed by atoms with van der Waals surface area (Å²) in [7, 11) is 1.86. The quantitative estimate of drug-likeness (QED) is 0.623. The fourth-order valence-corrected chi connectivity index (χ4v) is 1.54. The average molecular weight is 215 g/mol. The number of hydrogen-bond donors (Lipinski definition) is 2. The van der Waals surface area contributed by atoms with Gasteiger partial charge in [0, 0.05) is 7.05 Å². The highest BCUT2D eigenvalue weighted by Crippen LogP contribution is 2.30. The van der Waals surface area contributed by atoms with Crippen molar-refractivity contribution in [1.29, 1.82) is 0 Å². The number of rotatable bonds is 0. The van der Waals surface area contributed by atoms with Crippen LogP contribution in [0.1, 0.15) is 6.92 Å². The van der Waals surface area contributed by atoms with Crippen molar-refractivity contribution in [3.8, 4) is 0 Å². The van der Waals surface area contributed by atoms with Gasteiger partial charge in [0.05, 0.1) is 17.9 Å².